The van der Waals surface area contributed by atoms with E-state index in [1.54, 1.807) is 0 Å². The quantitative estimate of drug-likeness (QED) is 0.600. The lowest BCUT2D eigenvalue weighted by atomic mass is 9.70. The first kappa shape index (κ1) is 15.5. The number of hydrogen-bond donors (Lipinski definition) is 0. The van der Waals surface area contributed by atoms with E-state index in [-0.39, 0.29) is 18.7 Å². The van der Waals surface area contributed by atoms with E-state index >= 15 is 0 Å². The van der Waals surface area contributed by atoms with E-state index in [1.807, 2.05) is 6.07 Å². The van der Waals surface area contributed by atoms with Crippen molar-refractivity contribution in [2.45, 2.75) is 58.2 Å². The first-order valence-electron chi connectivity index (χ1n) is 11.3. The Morgan fingerprint density at radius 2 is 1.38 bits per heavy atom. The van der Waals surface area contributed by atoms with Gasteiger partial charge in [0.15, 0.2) is 0 Å². The first-order valence-corrected chi connectivity index (χ1v) is 10.1. The fourth-order valence-electron chi connectivity index (χ4n) is 4.94. The lowest BCUT2D eigenvalue weighted by Crippen LogP contribution is -2.26. The van der Waals surface area contributed by atoms with Crippen LogP contribution in [0.25, 0.3) is 11.1 Å². The minimum Gasteiger partial charge on any atom is -0.381 e. The average Bonchev–Trinajstić information content (AvgIpc) is 2.70. The van der Waals surface area contributed by atoms with Crippen LogP contribution in [0.4, 0.5) is 0 Å². The molecule has 1 nitrogen and oxygen atoms in total. The van der Waals surface area contributed by atoms with Crippen LogP contribution in [0.5, 0.6) is 0 Å². The lowest BCUT2D eigenvalue weighted by molar-refractivity contribution is 0.0378. The standard InChI is InChI=1S/C25H32O/c1-18-16-24(20-6-4-3-5-7-20)17-19(2)25(18)23-10-8-21(9-11-23)22-12-14-26-15-13-22/h3-7,16-17,21-23H,8-15H2,1-2H3/i10D,11D. The van der Waals surface area contributed by atoms with Crippen LogP contribution in [0.3, 0.4) is 0 Å². The van der Waals surface area contributed by atoms with E-state index in [4.69, 9.17) is 7.48 Å². The summed E-state index contributed by atoms with van der Waals surface area (Å²) in [7, 11) is 0. The molecule has 2 aliphatic rings. The van der Waals surface area contributed by atoms with Crippen LogP contribution in [0.2, 0.25) is 0 Å². The molecular weight excluding hydrogens is 316 g/mol. The largest absolute Gasteiger partial charge is 0.381 e. The predicted octanol–water partition coefficient (Wildman–Crippen LogP) is 6.67. The monoisotopic (exact) mass is 350 g/mol. The summed E-state index contributed by atoms with van der Waals surface area (Å²) in [6, 6.07) is 15.0. The zero-order valence-electron chi connectivity index (χ0n) is 18.1. The maximum Gasteiger partial charge on any atom is 0.0468 e. The van der Waals surface area contributed by atoms with Crippen molar-refractivity contribution in [2.75, 3.05) is 13.2 Å². The molecule has 1 aliphatic carbocycles. The molecule has 1 heteroatoms. The van der Waals surface area contributed by atoms with Gasteiger partial charge >= 0.3 is 0 Å². The molecule has 2 aromatic carbocycles. The molecule has 2 fully saturated rings. The van der Waals surface area contributed by atoms with Crippen molar-refractivity contribution < 1.29 is 7.48 Å². The Morgan fingerprint density at radius 3 is 2.00 bits per heavy atom. The highest BCUT2D eigenvalue weighted by atomic mass is 16.5. The molecular formula is C25H32O. The molecule has 0 N–H and O–H groups in total. The van der Waals surface area contributed by atoms with Gasteiger partial charge in [0, 0.05) is 16.0 Å². The van der Waals surface area contributed by atoms with Gasteiger partial charge in [-0.2, -0.15) is 0 Å². The number of benzene rings is 2. The molecule has 2 atom stereocenters. The van der Waals surface area contributed by atoms with Gasteiger partial charge in [0.05, 0.1) is 0 Å². The molecule has 2 unspecified atom stereocenters. The summed E-state index contributed by atoms with van der Waals surface area (Å²) in [5.74, 6) is 1.20. The molecule has 2 aromatic rings. The van der Waals surface area contributed by atoms with Crippen LogP contribution in [0, 0.1) is 25.7 Å². The Hall–Kier alpha value is -1.60. The van der Waals surface area contributed by atoms with Gasteiger partial charge in [-0.1, -0.05) is 42.5 Å². The molecule has 0 aromatic heterocycles. The minimum absolute atomic E-state index is 0.0286. The van der Waals surface area contributed by atoms with Gasteiger partial charge in [0.2, 0.25) is 0 Å². The molecule has 138 valence electrons. The third-order valence-corrected chi connectivity index (χ3v) is 6.35. The molecule has 0 bridgehead atoms. The van der Waals surface area contributed by atoms with Crippen molar-refractivity contribution in [3.05, 3.63) is 59.2 Å². The number of ether oxygens (including phenoxy) is 1. The molecule has 4 rings (SSSR count). The summed E-state index contributed by atoms with van der Waals surface area (Å²) in [6.45, 7) is 6.04. The lowest BCUT2D eigenvalue weighted by Gasteiger charge is -2.36. The van der Waals surface area contributed by atoms with Crippen LogP contribution >= 0.6 is 0 Å². The van der Waals surface area contributed by atoms with Crippen molar-refractivity contribution >= 4 is 0 Å². The zero-order valence-corrected chi connectivity index (χ0v) is 16.1. The van der Waals surface area contributed by atoms with E-state index in [0.717, 1.165) is 38.9 Å². The van der Waals surface area contributed by atoms with Crippen molar-refractivity contribution in [1.82, 2.24) is 0 Å². The Balaban J connectivity index is 1.58. The van der Waals surface area contributed by atoms with Crippen LogP contribution < -0.4 is 0 Å². The fraction of sp³-hybridized carbons (Fsp3) is 0.520. The molecule has 1 heterocycles. The van der Waals surface area contributed by atoms with Gasteiger partial charge in [-0.3, -0.25) is 0 Å². The highest BCUT2D eigenvalue weighted by Crippen LogP contribution is 2.43. The summed E-state index contributed by atoms with van der Waals surface area (Å²) < 4.78 is 23.3. The SMILES string of the molecule is [2H]C1CC(C2CCOCC2)CC([2H])C1c1c(C)cc(-c2ccccc2)cc1C. The minimum atomic E-state index is -0.177. The van der Waals surface area contributed by atoms with Crippen molar-refractivity contribution in [3.8, 4) is 11.1 Å². The van der Waals surface area contributed by atoms with Crippen LogP contribution in [-0.4, -0.2) is 13.2 Å². The van der Waals surface area contributed by atoms with Gasteiger partial charge in [0.25, 0.3) is 0 Å². The van der Waals surface area contributed by atoms with E-state index in [0.29, 0.717) is 11.8 Å². The predicted molar refractivity (Wildman–Crippen MR) is 110 cm³/mol. The van der Waals surface area contributed by atoms with Gasteiger partial charge in [-0.25, -0.2) is 0 Å². The number of rotatable bonds is 3. The second-order valence-electron chi connectivity index (χ2n) is 8.07. The number of hydrogen-bond acceptors (Lipinski definition) is 1. The second kappa shape index (κ2) is 7.96. The summed E-state index contributed by atoms with van der Waals surface area (Å²) in [6.07, 6.45) is 3.73. The molecule has 26 heavy (non-hydrogen) atoms. The van der Waals surface area contributed by atoms with E-state index in [9.17, 15) is 0 Å². The van der Waals surface area contributed by atoms with Gasteiger partial charge in [0.1, 0.15) is 0 Å². The Labute approximate surface area is 161 Å². The van der Waals surface area contributed by atoms with Gasteiger partial charge in [-0.05, 0) is 97.9 Å². The third kappa shape index (κ3) is 3.74. The van der Waals surface area contributed by atoms with Crippen LogP contribution in [-0.2, 0) is 4.74 Å². The maximum atomic E-state index is 8.91. The Kier molecular flexibility index (Phi) is 4.73. The molecule has 0 spiro atoms. The molecule has 1 saturated carbocycles. The molecule has 0 amide bonds. The summed E-state index contributed by atoms with van der Waals surface area (Å²) >= 11 is 0. The van der Waals surface area contributed by atoms with Crippen molar-refractivity contribution in [3.63, 3.8) is 0 Å². The Bertz CT molecular complexity index is 762. The normalized spacial score (nSPS) is 31.3. The first-order chi connectivity index (χ1) is 13.5. The summed E-state index contributed by atoms with van der Waals surface area (Å²) in [5.41, 5.74) is 6.20. The van der Waals surface area contributed by atoms with Crippen molar-refractivity contribution in [2.24, 2.45) is 11.8 Å². The van der Waals surface area contributed by atoms with Gasteiger partial charge < -0.3 is 4.74 Å². The third-order valence-electron chi connectivity index (χ3n) is 6.35. The number of aryl methyl sites for hydroxylation is 2. The maximum absolute atomic E-state index is 8.91. The van der Waals surface area contributed by atoms with Crippen molar-refractivity contribution in [1.29, 1.82) is 0 Å². The fourth-order valence-corrected chi connectivity index (χ4v) is 4.94. The smallest absolute Gasteiger partial charge is 0.0468 e. The summed E-state index contributed by atoms with van der Waals surface area (Å²) in [4.78, 5) is 0. The highest BCUT2D eigenvalue weighted by Gasteiger charge is 2.30. The summed E-state index contributed by atoms with van der Waals surface area (Å²) in [5, 5.41) is 0. The molecule has 1 saturated heterocycles. The molecule has 0 radical (unpaired) electrons. The topological polar surface area (TPSA) is 9.23 Å². The zero-order chi connectivity index (χ0) is 19.7. The average molecular weight is 351 g/mol. The molecule has 1 aliphatic heterocycles. The Morgan fingerprint density at radius 1 is 0.808 bits per heavy atom. The van der Waals surface area contributed by atoms with E-state index < -0.39 is 0 Å². The van der Waals surface area contributed by atoms with E-state index in [2.05, 4.69) is 50.2 Å². The highest BCUT2D eigenvalue weighted by molar-refractivity contribution is 5.66. The second-order valence-corrected chi connectivity index (χ2v) is 8.07. The van der Waals surface area contributed by atoms with Crippen LogP contribution in [0.1, 0.15) is 63.8 Å². The van der Waals surface area contributed by atoms with E-state index in [1.165, 1.54) is 27.8 Å². The van der Waals surface area contributed by atoms with Crippen LogP contribution in [0.15, 0.2) is 42.5 Å². The van der Waals surface area contributed by atoms with Gasteiger partial charge in [-0.15, -0.1) is 0 Å².